The molecule has 0 aromatic carbocycles. The number of anilines is 2. The lowest BCUT2D eigenvalue weighted by Gasteiger charge is -2.43. The fourth-order valence-corrected chi connectivity index (χ4v) is 3.83. The molecule has 2 aromatic rings. The lowest BCUT2D eigenvalue weighted by molar-refractivity contribution is 0.0597. The Labute approximate surface area is 148 Å². The summed E-state index contributed by atoms with van der Waals surface area (Å²) in [7, 11) is 0. The highest BCUT2D eigenvalue weighted by Crippen LogP contribution is 2.35. The van der Waals surface area contributed by atoms with E-state index in [0.29, 0.717) is 6.61 Å². The third kappa shape index (κ3) is 3.56. The molecule has 1 spiro atoms. The van der Waals surface area contributed by atoms with Crippen molar-refractivity contribution in [3.05, 3.63) is 36.3 Å². The summed E-state index contributed by atoms with van der Waals surface area (Å²) in [5.74, 6) is 1.75. The molecular formula is C18H24N6O. The van der Waals surface area contributed by atoms with E-state index in [0.717, 1.165) is 63.1 Å². The van der Waals surface area contributed by atoms with Gasteiger partial charge in [-0.2, -0.15) is 5.10 Å². The van der Waals surface area contributed by atoms with Gasteiger partial charge in [-0.3, -0.25) is 0 Å². The monoisotopic (exact) mass is 340 g/mol. The maximum atomic E-state index is 5.98. The van der Waals surface area contributed by atoms with Crippen LogP contribution in [0.2, 0.25) is 0 Å². The van der Waals surface area contributed by atoms with Crippen LogP contribution in [0.3, 0.4) is 0 Å². The SMILES string of the molecule is Cc1ccc(N2CCC[C@]3(COCCN(c4ncccn4)C3)C2)nn1. The van der Waals surface area contributed by atoms with Crippen LogP contribution in [-0.2, 0) is 4.74 Å². The fourth-order valence-electron chi connectivity index (χ4n) is 3.83. The molecule has 4 heterocycles. The number of rotatable bonds is 2. The molecule has 25 heavy (non-hydrogen) atoms. The van der Waals surface area contributed by atoms with Gasteiger partial charge in [0, 0.05) is 44.0 Å². The van der Waals surface area contributed by atoms with Crippen molar-refractivity contribution in [2.75, 3.05) is 49.2 Å². The van der Waals surface area contributed by atoms with Gasteiger partial charge in [0.1, 0.15) is 0 Å². The molecule has 7 nitrogen and oxygen atoms in total. The van der Waals surface area contributed by atoms with Crippen LogP contribution in [0.15, 0.2) is 30.6 Å². The van der Waals surface area contributed by atoms with Crippen LogP contribution in [0.5, 0.6) is 0 Å². The second kappa shape index (κ2) is 6.92. The molecule has 0 aliphatic carbocycles. The fraction of sp³-hybridized carbons (Fsp3) is 0.556. The van der Waals surface area contributed by atoms with E-state index in [9.17, 15) is 0 Å². The first-order valence-corrected chi connectivity index (χ1v) is 8.89. The zero-order valence-electron chi connectivity index (χ0n) is 14.6. The van der Waals surface area contributed by atoms with E-state index in [2.05, 4.69) is 36.0 Å². The number of hydrogen-bond acceptors (Lipinski definition) is 7. The predicted octanol–water partition coefficient (Wildman–Crippen LogP) is 1.70. The molecule has 0 unspecified atom stereocenters. The lowest BCUT2D eigenvalue weighted by Crippen LogP contribution is -2.51. The van der Waals surface area contributed by atoms with Crippen molar-refractivity contribution in [3.8, 4) is 0 Å². The zero-order valence-corrected chi connectivity index (χ0v) is 14.6. The minimum Gasteiger partial charge on any atom is -0.379 e. The van der Waals surface area contributed by atoms with Gasteiger partial charge in [0.05, 0.1) is 18.9 Å². The van der Waals surface area contributed by atoms with Crippen molar-refractivity contribution in [2.24, 2.45) is 5.41 Å². The van der Waals surface area contributed by atoms with Crippen LogP contribution < -0.4 is 9.80 Å². The average Bonchev–Trinajstić information content (AvgIpc) is 2.86. The van der Waals surface area contributed by atoms with Crippen LogP contribution in [0.1, 0.15) is 18.5 Å². The summed E-state index contributed by atoms with van der Waals surface area (Å²) < 4.78 is 5.98. The first-order chi connectivity index (χ1) is 12.2. The van der Waals surface area contributed by atoms with Gasteiger partial charge in [0.25, 0.3) is 0 Å². The number of nitrogens with zero attached hydrogens (tertiary/aromatic N) is 6. The largest absolute Gasteiger partial charge is 0.379 e. The standard InChI is InChI=1S/C18H24N6O/c1-15-4-5-16(22-21-15)23-9-2-6-18(12-23)13-24(10-11-25-14-18)17-19-7-3-8-20-17/h3-5,7-8H,2,6,9-14H2,1H3/t18-/m0/s1. The molecule has 0 radical (unpaired) electrons. The van der Waals surface area contributed by atoms with E-state index in [-0.39, 0.29) is 5.41 Å². The van der Waals surface area contributed by atoms with Crippen molar-refractivity contribution in [3.63, 3.8) is 0 Å². The van der Waals surface area contributed by atoms with Crippen LogP contribution in [0.4, 0.5) is 11.8 Å². The number of ether oxygens (including phenoxy) is 1. The molecular weight excluding hydrogens is 316 g/mol. The minimum absolute atomic E-state index is 0.0700. The summed E-state index contributed by atoms with van der Waals surface area (Å²) in [5.41, 5.74) is 1.02. The Balaban J connectivity index is 1.55. The van der Waals surface area contributed by atoms with Crippen molar-refractivity contribution >= 4 is 11.8 Å². The van der Waals surface area contributed by atoms with Crippen LogP contribution >= 0.6 is 0 Å². The normalized spacial score (nSPS) is 24.4. The van der Waals surface area contributed by atoms with E-state index in [4.69, 9.17) is 4.74 Å². The highest BCUT2D eigenvalue weighted by molar-refractivity contribution is 5.39. The third-order valence-corrected chi connectivity index (χ3v) is 5.04. The number of hydrogen-bond donors (Lipinski definition) is 0. The average molecular weight is 340 g/mol. The topological polar surface area (TPSA) is 67.3 Å². The molecule has 2 fully saturated rings. The quantitative estimate of drug-likeness (QED) is 0.824. The summed E-state index contributed by atoms with van der Waals surface area (Å²) in [6.45, 7) is 7.13. The van der Waals surface area contributed by atoms with E-state index < -0.39 is 0 Å². The molecule has 2 aliphatic heterocycles. The van der Waals surface area contributed by atoms with Crippen molar-refractivity contribution in [2.45, 2.75) is 19.8 Å². The molecule has 1 atom stereocenters. The molecule has 0 N–H and O–H groups in total. The van der Waals surface area contributed by atoms with Gasteiger partial charge in [-0.15, -0.1) is 5.10 Å². The van der Waals surface area contributed by atoms with Crippen molar-refractivity contribution in [1.82, 2.24) is 20.2 Å². The Morgan fingerprint density at radius 2 is 1.88 bits per heavy atom. The zero-order chi connectivity index (χ0) is 17.1. The molecule has 4 rings (SSSR count). The molecule has 132 valence electrons. The van der Waals surface area contributed by atoms with Gasteiger partial charge < -0.3 is 14.5 Å². The highest BCUT2D eigenvalue weighted by Gasteiger charge is 2.40. The molecule has 2 saturated heterocycles. The van der Waals surface area contributed by atoms with Crippen molar-refractivity contribution < 1.29 is 4.74 Å². The second-order valence-electron chi connectivity index (χ2n) is 7.08. The van der Waals surface area contributed by atoms with E-state index in [1.165, 1.54) is 0 Å². The van der Waals surface area contributed by atoms with Gasteiger partial charge in [-0.05, 0) is 38.0 Å². The van der Waals surface area contributed by atoms with Crippen LogP contribution in [0.25, 0.3) is 0 Å². The maximum absolute atomic E-state index is 5.98. The molecule has 0 saturated carbocycles. The Hall–Kier alpha value is -2.28. The Bertz CT molecular complexity index is 694. The van der Waals surface area contributed by atoms with Crippen molar-refractivity contribution in [1.29, 1.82) is 0 Å². The summed E-state index contributed by atoms with van der Waals surface area (Å²) in [6, 6.07) is 5.94. The highest BCUT2D eigenvalue weighted by atomic mass is 16.5. The number of piperidine rings is 1. The molecule has 0 amide bonds. The van der Waals surface area contributed by atoms with E-state index >= 15 is 0 Å². The maximum Gasteiger partial charge on any atom is 0.225 e. The van der Waals surface area contributed by atoms with Gasteiger partial charge in [0.15, 0.2) is 5.82 Å². The molecule has 0 bridgehead atoms. The van der Waals surface area contributed by atoms with Gasteiger partial charge in [-0.1, -0.05) is 0 Å². The summed E-state index contributed by atoms with van der Waals surface area (Å²) >= 11 is 0. The minimum atomic E-state index is 0.0700. The van der Waals surface area contributed by atoms with Gasteiger partial charge in [-0.25, -0.2) is 9.97 Å². The predicted molar refractivity (Wildman–Crippen MR) is 95.7 cm³/mol. The van der Waals surface area contributed by atoms with Gasteiger partial charge >= 0.3 is 0 Å². The number of aromatic nitrogens is 4. The first-order valence-electron chi connectivity index (χ1n) is 8.89. The second-order valence-corrected chi connectivity index (χ2v) is 7.08. The van der Waals surface area contributed by atoms with E-state index in [1.54, 1.807) is 12.4 Å². The van der Waals surface area contributed by atoms with Gasteiger partial charge in [0.2, 0.25) is 5.95 Å². The van der Waals surface area contributed by atoms with Crippen LogP contribution in [-0.4, -0.2) is 59.6 Å². The van der Waals surface area contributed by atoms with Crippen LogP contribution in [0, 0.1) is 12.3 Å². The molecule has 2 aromatic heterocycles. The smallest absolute Gasteiger partial charge is 0.225 e. The molecule has 2 aliphatic rings. The first kappa shape index (κ1) is 16.2. The lowest BCUT2D eigenvalue weighted by atomic mass is 9.80. The van der Waals surface area contributed by atoms with E-state index in [1.807, 2.05) is 19.1 Å². The number of aryl methyl sites for hydroxylation is 1. The summed E-state index contributed by atoms with van der Waals surface area (Å²) in [6.07, 6.45) is 5.88. The summed E-state index contributed by atoms with van der Waals surface area (Å²) in [5, 5.41) is 8.59. The summed E-state index contributed by atoms with van der Waals surface area (Å²) in [4.78, 5) is 13.5. The third-order valence-electron chi connectivity index (χ3n) is 5.04. The Kier molecular flexibility index (Phi) is 4.48. The Morgan fingerprint density at radius 3 is 2.68 bits per heavy atom. The molecule has 7 heteroatoms. The Morgan fingerprint density at radius 1 is 1.04 bits per heavy atom.